The fourth-order valence-corrected chi connectivity index (χ4v) is 0.602. The molecule has 17 heavy (non-hydrogen) atoms. The molecule has 0 aromatic carbocycles. The van der Waals surface area contributed by atoms with E-state index in [-0.39, 0.29) is 0 Å². The Hall–Kier alpha value is -0.500. The van der Waals surface area contributed by atoms with Crippen LogP contribution in [0.15, 0.2) is 0 Å². The summed E-state index contributed by atoms with van der Waals surface area (Å²) in [4.78, 5) is 0. The van der Waals surface area contributed by atoms with Gasteiger partial charge in [-0.15, -0.1) is 0 Å². The van der Waals surface area contributed by atoms with Crippen LogP contribution in [0.1, 0.15) is 26.7 Å². The first-order chi connectivity index (χ1) is 7.61. The van der Waals surface area contributed by atoms with E-state index >= 15 is 0 Å². The van der Waals surface area contributed by atoms with Gasteiger partial charge in [0.25, 0.3) is 0 Å². The molecular weight excluding hydrogens is 252 g/mol. The lowest BCUT2D eigenvalue weighted by Crippen LogP contribution is -2.47. The molecule has 0 heterocycles. The molecule has 1 unspecified atom stereocenters. The maximum Gasteiger partial charge on any atom is 0.454 e. The number of halogens is 6. The highest BCUT2D eigenvalue weighted by molar-refractivity contribution is 4.76. The number of hydrogen-bond acceptors (Lipinski definition) is 2. The van der Waals surface area contributed by atoms with Gasteiger partial charge in [0.15, 0.2) is 0 Å². The van der Waals surface area contributed by atoms with Crippen molar-refractivity contribution in [3.05, 3.63) is 0 Å². The van der Waals surface area contributed by atoms with Crippen LogP contribution in [0.3, 0.4) is 0 Å². The van der Waals surface area contributed by atoms with E-state index in [0.717, 1.165) is 0 Å². The van der Waals surface area contributed by atoms with Gasteiger partial charge in [-0.1, -0.05) is 13.8 Å². The molecule has 0 fully saturated rings. The van der Waals surface area contributed by atoms with E-state index in [9.17, 15) is 26.3 Å². The maximum atomic E-state index is 11.4. The molecule has 0 rings (SSSR count). The molecule has 8 heteroatoms. The average Bonchev–Trinajstić information content (AvgIpc) is 2.17. The van der Waals surface area contributed by atoms with Crippen molar-refractivity contribution in [1.29, 1.82) is 0 Å². The van der Waals surface area contributed by atoms with E-state index in [1.54, 1.807) is 0 Å². The van der Waals surface area contributed by atoms with Crippen molar-refractivity contribution in [1.82, 2.24) is 5.32 Å². The Morgan fingerprint density at radius 3 is 1.47 bits per heavy atom. The van der Waals surface area contributed by atoms with Gasteiger partial charge in [0, 0.05) is 0 Å². The van der Waals surface area contributed by atoms with Crippen LogP contribution in [0.5, 0.6) is 0 Å². The first kappa shape index (κ1) is 18.9. The van der Waals surface area contributed by atoms with Crippen LogP contribution in [-0.2, 0) is 0 Å². The van der Waals surface area contributed by atoms with Crippen LogP contribution >= 0.6 is 0 Å². The highest BCUT2D eigenvalue weighted by Crippen LogP contribution is 2.36. The lowest BCUT2D eigenvalue weighted by atomic mass is 10.3. The van der Waals surface area contributed by atoms with Crippen molar-refractivity contribution in [2.24, 2.45) is 0 Å². The highest BCUT2D eigenvalue weighted by atomic mass is 19.4. The summed E-state index contributed by atoms with van der Waals surface area (Å²) in [6.45, 7) is 6.72. The molecular formula is C9H17F6NO. The van der Waals surface area contributed by atoms with E-state index in [0.29, 0.717) is 0 Å². The number of nitrogens with one attached hydrogen (secondary N) is 1. The summed E-state index contributed by atoms with van der Waals surface area (Å²) in [5, 5.41) is 10.7. The normalized spacial score (nSPS) is 15.2. The predicted octanol–water partition coefficient (Wildman–Crippen LogP) is 2.87. The molecule has 0 saturated carbocycles. The quantitative estimate of drug-likeness (QED) is 0.594. The zero-order valence-corrected chi connectivity index (χ0v) is 9.62. The molecule has 0 aromatic rings. The minimum Gasteiger partial charge on any atom is -0.350 e. The van der Waals surface area contributed by atoms with E-state index in [1.165, 1.54) is 25.9 Å². The van der Waals surface area contributed by atoms with Gasteiger partial charge in [0.1, 0.15) is 0 Å². The lowest BCUT2D eigenvalue weighted by Gasteiger charge is -2.20. The van der Waals surface area contributed by atoms with Crippen molar-refractivity contribution >= 4 is 0 Å². The third-order valence-corrected chi connectivity index (χ3v) is 1.54. The van der Waals surface area contributed by atoms with Crippen molar-refractivity contribution in [3.8, 4) is 0 Å². The zero-order chi connectivity index (χ0) is 14.1. The number of alkyl halides is 6. The van der Waals surface area contributed by atoms with Gasteiger partial charge in [-0.05, 0) is 25.9 Å². The van der Waals surface area contributed by atoms with Gasteiger partial charge in [-0.25, -0.2) is 8.78 Å². The van der Waals surface area contributed by atoms with E-state index < -0.39 is 18.5 Å². The number of hydrogen-bond donors (Lipinski definition) is 2. The van der Waals surface area contributed by atoms with Gasteiger partial charge in [-0.3, -0.25) is 0 Å². The third kappa shape index (κ3) is 8.25. The second kappa shape index (κ2) is 8.57. The molecule has 0 saturated heterocycles. The van der Waals surface area contributed by atoms with Crippen LogP contribution < -0.4 is 5.32 Å². The molecule has 106 valence electrons. The Morgan fingerprint density at radius 2 is 1.35 bits per heavy atom. The molecule has 0 spiro atoms. The number of rotatable bonds is 5. The van der Waals surface area contributed by atoms with Crippen LogP contribution in [0.2, 0.25) is 0 Å². The molecule has 0 bridgehead atoms. The van der Waals surface area contributed by atoms with Gasteiger partial charge in [-0.2, -0.15) is 17.6 Å². The zero-order valence-electron chi connectivity index (χ0n) is 9.62. The van der Waals surface area contributed by atoms with Crippen molar-refractivity contribution in [2.75, 3.05) is 13.1 Å². The fraction of sp³-hybridized carbons (Fsp3) is 1.00. The lowest BCUT2D eigenvalue weighted by molar-refractivity contribution is -0.352. The van der Waals surface area contributed by atoms with Crippen LogP contribution in [0, 0.1) is 0 Å². The molecule has 0 aliphatic rings. The first-order valence-electron chi connectivity index (χ1n) is 5.08. The molecule has 0 amide bonds. The monoisotopic (exact) mass is 269 g/mol. The highest BCUT2D eigenvalue weighted by Gasteiger charge is 2.62. The number of aliphatic hydroxyl groups is 1. The van der Waals surface area contributed by atoms with Gasteiger partial charge in [0.05, 0.1) is 0 Å². The predicted molar refractivity (Wildman–Crippen MR) is 51.6 cm³/mol. The Morgan fingerprint density at radius 1 is 1.00 bits per heavy atom. The summed E-state index contributed by atoms with van der Waals surface area (Å²) in [5.41, 5.74) is 0. The van der Waals surface area contributed by atoms with E-state index in [4.69, 9.17) is 5.11 Å². The Bertz CT molecular complexity index is 179. The summed E-state index contributed by atoms with van der Waals surface area (Å²) in [6, 6.07) is 0. The minimum atomic E-state index is -5.94. The Labute approximate surface area is 96.0 Å². The minimum absolute atomic E-state index is 1.17. The summed E-state index contributed by atoms with van der Waals surface area (Å²) in [5.74, 6) is -5.40. The summed E-state index contributed by atoms with van der Waals surface area (Å²) >= 11 is 0. The Kier molecular flexibility index (Phi) is 9.51. The summed E-state index contributed by atoms with van der Waals surface area (Å²) in [6.07, 6.45) is -7.92. The molecule has 1 atom stereocenters. The van der Waals surface area contributed by atoms with Gasteiger partial charge >= 0.3 is 18.5 Å². The average molecular weight is 269 g/mol. The van der Waals surface area contributed by atoms with Crippen molar-refractivity contribution in [2.45, 2.75) is 45.1 Å². The Balaban J connectivity index is 0. The molecule has 0 aliphatic heterocycles. The largest absolute Gasteiger partial charge is 0.454 e. The van der Waals surface area contributed by atoms with Crippen LogP contribution in [-0.4, -0.2) is 36.7 Å². The van der Waals surface area contributed by atoms with Crippen molar-refractivity contribution < 1.29 is 31.4 Å². The molecule has 0 radical (unpaired) electrons. The smallest absolute Gasteiger partial charge is 0.350 e. The molecule has 2 nitrogen and oxygen atoms in total. The van der Waals surface area contributed by atoms with Crippen LogP contribution in [0.25, 0.3) is 0 Å². The third-order valence-electron chi connectivity index (χ3n) is 1.54. The topological polar surface area (TPSA) is 32.3 Å². The maximum absolute atomic E-state index is 11.4. The molecule has 0 aliphatic carbocycles. The second-order valence-corrected chi connectivity index (χ2v) is 3.22. The molecule has 2 N–H and O–H groups in total. The van der Waals surface area contributed by atoms with Crippen LogP contribution in [0.4, 0.5) is 26.3 Å². The van der Waals surface area contributed by atoms with Gasteiger partial charge in [0.2, 0.25) is 0 Å². The summed E-state index contributed by atoms with van der Waals surface area (Å²) < 4.78 is 66.3. The first-order valence-corrected chi connectivity index (χ1v) is 5.08. The standard InChI is InChI=1S/C6H15N.C3H2F6O/c1-3-5-7-6-4-2;4-1(5)2(6,10)3(7,8)9/h7H,3-6H2,1-2H3;1,10H. The van der Waals surface area contributed by atoms with E-state index in [1.807, 2.05) is 0 Å². The molecule has 0 aromatic heterocycles. The van der Waals surface area contributed by atoms with Crippen molar-refractivity contribution in [3.63, 3.8) is 0 Å². The second-order valence-electron chi connectivity index (χ2n) is 3.22. The van der Waals surface area contributed by atoms with E-state index in [2.05, 4.69) is 19.2 Å². The van der Waals surface area contributed by atoms with Gasteiger partial charge < -0.3 is 10.4 Å². The SMILES string of the molecule is CCCNCCC.OC(F)(C(F)F)C(F)(F)F. The fourth-order valence-electron chi connectivity index (χ4n) is 0.602. The summed E-state index contributed by atoms with van der Waals surface area (Å²) in [7, 11) is 0.